The molecule has 0 spiro atoms. The predicted molar refractivity (Wildman–Crippen MR) is 159 cm³/mol. The highest BCUT2D eigenvalue weighted by atomic mass is 32.1. The molecule has 222 valence electrons. The Bertz CT molecular complexity index is 1790. The van der Waals surface area contributed by atoms with Gasteiger partial charge in [-0.25, -0.2) is 4.98 Å². The lowest BCUT2D eigenvalue weighted by atomic mass is 9.99. The summed E-state index contributed by atoms with van der Waals surface area (Å²) < 4.78 is 52.8. The number of nitrogens with one attached hydrogen (secondary N) is 1. The van der Waals surface area contributed by atoms with E-state index in [9.17, 15) is 22.8 Å². The summed E-state index contributed by atoms with van der Waals surface area (Å²) in [6, 6.07) is 18.5. The first kappa shape index (κ1) is 29.8. The first-order valence-corrected chi connectivity index (χ1v) is 14.3. The fourth-order valence-corrected chi connectivity index (χ4v) is 5.54. The van der Waals surface area contributed by atoms with Gasteiger partial charge in [-0.15, -0.1) is 11.3 Å². The lowest BCUT2D eigenvalue weighted by Crippen LogP contribution is -2.16. The molecule has 0 aliphatic heterocycles. The van der Waals surface area contributed by atoms with Crippen LogP contribution in [0.25, 0.3) is 21.3 Å². The van der Waals surface area contributed by atoms with Gasteiger partial charge in [-0.2, -0.15) is 13.2 Å². The maximum absolute atomic E-state index is 13.8. The van der Waals surface area contributed by atoms with Crippen molar-refractivity contribution < 1.29 is 31.9 Å². The summed E-state index contributed by atoms with van der Waals surface area (Å²) in [7, 11) is 0. The lowest BCUT2D eigenvalue weighted by Gasteiger charge is -2.12. The Morgan fingerprint density at radius 1 is 1.07 bits per heavy atom. The maximum Gasteiger partial charge on any atom is 0.433 e. The van der Waals surface area contributed by atoms with Gasteiger partial charge < -0.3 is 20.2 Å². The van der Waals surface area contributed by atoms with E-state index in [-0.39, 0.29) is 38.7 Å². The van der Waals surface area contributed by atoms with Gasteiger partial charge in [0.05, 0.1) is 5.69 Å². The number of fused-ring (bicyclic) bond motifs is 1. The monoisotopic (exact) mass is 607 g/mol. The van der Waals surface area contributed by atoms with Crippen LogP contribution >= 0.6 is 11.3 Å². The fourth-order valence-electron chi connectivity index (χ4n) is 4.53. The number of halogens is 3. The third-order valence-electron chi connectivity index (χ3n) is 7.11. The highest BCUT2D eigenvalue weighted by Crippen LogP contribution is 2.44. The second-order valence-corrected chi connectivity index (χ2v) is 11.2. The van der Waals surface area contributed by atoms with Gasteiger partial charge in [0.15, 0.2) is 5.76 Å². The Morgan fingerprint density at radius 2 is 1.77 bits per heavy atom. The molecule has 2 amide bonds. The zero-order chi connectivity index (χ0) is 30.9. The minimum atomic E-state index is -4.74. The summed E-state index contributed by atoms with van der Waals surface area (Å²) in [5.41, 5.74) is 7.12. The summed E-state index contributed by atoms with van der Waals surface area (Å²) in [5, 5.41) is 2.80. The number of amides is 2. The summed E-state index contributed by atoms with van der Waals surface area (Å²) in [4.78, 5) is 29.2. The van der Waals surface area contributed by atoms with Crippen LogP contribution in [0.15, 0.2) is 71.1 Å². The van der Waals surface area contributed by atoms with Gasteiger partial charge in [0.25, 0.3) is 11.8 Å². The second-order valence-electron chi connectivity index (χ2n) is 10.2. The Kier molecular flexibility index (Phi) is 8.27. The molecule has 3 aromatic heterocycles. The summed E-state index contributed by atoms with van der Waals surface area (Å²) in [6.07, 6.45) is -3.71. The number of aryl methyl sites for hydroxylation is 1. The van der Waals surface area contributed by atoms with E-state index in [1.807, 2.05) is 31.2 Å². The molecule has 5 rings (SSSR count). The zero-order valence-electron chi connectivity index (χ0n) is 23.5. The minimum absolute atomic E-state index is 0.0371. The number of nitrogens with zero attached hydrogens (tertiary/aromatic N) is 1. The number of benzene rings is 2. The van der Waals surface area contributed by atoms with Gasteiger partial charge in [0.2, 0.25) is 0 Å². The van der Waals surface area contributed by atoms with Crippen molar-refractivity contribution in [2.45, 2.75) is 45.9 Å². The number of hydrogen-bond acceptors (Lipinski definition) is 6. The molecule has 0 saturated heterocycles. The SMILES string of the molecule is CCC(C)c1ccc(OCc2ccc(C(=O)Nc3c(C(N)=O)sc4nc(C(F)(F)F)cc(-c5ccc(C)cc5)c34)o2)cc1. The first-order valence-electron chi connectivity index (χ1n) is 13.5. The van der Waals surface area contributed by atoms with Crippen molar-refractivity contribution in [1.82, 2.24) is 4.98 Å². The highest BCUT2D eigenvalue weighted by Gasteiger charge is 2.35. The van der Waals surface area contributed by atoms with Crippen molar-refractivity contribution in [3.8, 4) is 16.9 Å². The van der Waals surface area contributed by atoms with Crippen molar-refractivity contribution in [3.05, 3.63) is 99.9 Å². The number of anilines is 1. The standard InChI is InChI=1S/C32H28F3N3O4S/c1-4-18(3)19-9-11-21(12-10-19)41-16-22-13-14-24(42-22)30(40)38-27-26-23(20-7-5-17(2)6-8-20)15-25(32(33,34)35)37-31(26)43-28(27)29(36)39/h5-15,18H,4,16H2,1-3H3,(H2,36,39)(H,38,40). The van der Waals surface area contributed by atoms with Crippen molar-refractivity contribution in [1.29, 1.82) is 0 Å². The molecule has 1 atom stereocenters. The number of carbonyl (C=O) groups excluding carboxylic acids is 2. The van der Waals surface area contributed by atoms with Crippen LogP contribution in [0.3, 0.4) is 0 Å². The smallest absolute Gasteiger partial charge is 0.433 e. The normalized spacial score (nSPS) is 12.3. The van der Waals surface area contributed by atoms with Crippen LogP contribution in [0.2, 0.25) is 0 Å². The fraction of sp³-hybridized carbons (Fsp3) is 0.219. The average Bonchev–Trinajstić information content (AvgIpc) is 3.61. The molecule has 5 aromatic rings. The van der Waals surface area contributed by atoms with Gasteiger partial charge in [0.1, 0.15) is 33.5 Å². The van der Waals surface area contributed by atoms with E-state index in [0.29, 0.717) is 34.3 Å². The molecule has 3 N–H and O–H groups in total. The van der Waals surface area contributed by atoms with Gasteiger partial charge >= 0.3 is 6.18 Å². The molecule has 0 aliphatic carbocycles. The molecule has 0 aliphatic rings. The van der Waals surface area contributed by atoms with Crippen molar-refractivity contribution in [2.24, 2.45) is 5.73 Å². The van der Waals surface area contributed by atoms with Crippen LogP contribution in [0.1, 0.15) is 69.0 Å². The zero-order valence-corrected chi connectivity index (χ0v) is 24.4. The quantitative estimate of drug-likeness (QED) is 0.175. The average molecular weight is 608 g/mol. The van der Waals surface area contributed by atoms with Gasteiger partial charge in [-0.3, -0.25) is 9.59 Å². The van der Waals surface area contributed by atoms with Crippen LogP contribution in [0, 0.1) is 6.92 Å². The van der Waals surface area contributed by atoms with Gasteiger partial charge in [-0.1, -0.05) is 55.8 Å². The van der Waals surface area contributed by atoms with E-state index >= 15 is 0 Å². The number of alkyl halides is 3. The molecule has 11 heteroatoms. The number of nitrogens with two attached hydrogens (primary N) is 1. The number of thiophene rings is 1. The molecule has 7 nitrogen and oxygen atoms in total. The minimum Gasteiger partial charge on any atom is -0.486 e. The topological polar surface area (TPSA) is 107 Å². The van der Waals surface area contributed by atoms with Crippen LogP contribution in [-0.2, 0) is 12.8 Å². The molecule has 1 unspecified atom stereocenters. The Morgan fingerprint density at radius 3 is 2.40 bits per heavy atom. The number of rotatable bonds is 9. The third kappa shape index (κ3) is 6.41. The van der Waals surface area contributed by atoms with Crippen molar-refractivity contribution >= 4 is 39.1 Å². The summed E-state index contributed by atoms with van der Waals surface area (Å²) in [5.74, 6) is -0.281. The maximum atomic E-state index is 13.8. The lowest BCUT2D eigenvalue weighted by molar-refractivity contribution is -0.140. The Labute approximate surface area is 249 Å². The number of carbonyl (C=O) groups is 2. The second kappa shape index (κ2) is 11.9. The molecule has 2 aromatic carbocycles. The molecular formula is C32H28F3N3O4S. The van der Waals surface area contributed by atoms with E-state index < -0.39 is 23.7 Å². The van der Waals surface area contributed by atoms with Gasteiger partial charge in [0, 0.05) is 5.39 Å². The van der Waals surface area contributed by atoms with Gasteiger partial charge in [-0.05, 0) is 66.3 Å². The van der Waals surface area contributed by atoms with E-state index in [0.717, 1.165) is 18.1 Å². The number of aromatic nitrogens is 1. The molecule has 43 heavy (non-hydrogen) atoms. The molecule has 0 bridgehead atoms. The Hall–Kier alpha value is -4.64. The van der Waals surface area contributed by atoms with Crippen molar-refractivity contribution in [3.63, 3.8) is 0 Å². The number of primary amides is 1. The predicted octanol–water partition coefficient (Wildman–Crippen LogP) is 8.33. The van der Waals surface area contributed by atoms with E-state index in [2.05, 4.69) is 24.1 Å². The number of pyridine rings is 1. The number of hydrogen-bond donors (Lipinski definition) is 2. The third-order valence-corrected chi connectivity index (χ3v) is 8.20. The van der Waals surface area contributed by atoms with Crippen LogP contribution in [-0.4, -0.2) is 16.8 Å². The Balaban J connectivity index is 1.45. The molecule has 0 saturated carbocycles. The van der Waals surface area contributed by atoms with Crippen molar-refractivity contribution in [2.75, 3.05) is 5.32 Å². The number of furan rings is 1. The highest BCUT2D eigenvalue weighted by molar-refractivity contribution is 7.21. The largest absolute Gasteiger partial charge is 0.486 e. The molecule has 3 heterocycles. The van der Waals surface area contributed by atoms with Crippen LogP contribution < -0.4 is 15.8 Å². The molecule has 0 radical (unpaired) electrons. The first-order chi connectivity index (χ1) is 20.4. The van der Waals surface area contributed by atoms with Crippen LogP contribution in [0.5, 0.6) is 5.75 Å². The van der Waals surface area contributed by atoms with E-state index in [4.69, 9.17) is 14.9 Å². The van der Waals surface area contributed by atoms with E-state index in [1.165, 1.54) is 11.6 Å². The number of ether oxygens (including phenoxy) is 1. The summed E-state index contributed by atoms with van der Waals surface area (Å²) >= 11 is 0.675. The summed E-state index contributed by atoms with van der Waals surface area (Å²) in [6.45, 7) is 6.18. The van der Waals surface area contributed by atoms with E-state index in [1.54, 1.807) is 30.3 Å². The molecule has 0 fully saturated rings. The molecular weight excluding hydrogens is 579 g/mol. The van der Waals surface area contributed by atoms with Crippen LogP contribution in [0.4, 0.5) is 18.9 Å².